The van der Waals surface area contributed by atoms with Crippen LogP contribution in [-0.4, -0.2) is 0 Å². The fourth-order valence-corrected chi connectivity index (χ4v) is 1.78. The van der Waals surface area contributed by atoms with Gasteiger partial charge in [-0.05, 0) is 43.7 Å². The first kappa shape index (κ1) is 14.4. The van der Waals surface area contributed by atoms with E-state index in [0.29, 0.717) is 16.9 Å². The Labute approximate surface area is 115 Å². The molecule has 0 saturated heterocycles. The maximum atomic E-state index is 13.6. The number of rotatable bonds is 3. The molecule has 0 radical (unpaired) electrons. The van der Waals surface area contributed by atoms with Crippen molar-refractivity contribution < 1.29 is 17.9 Å². The Balaban J connectivity index is 2.41. The van der Waals surface area contributed by atoms with Crippen LogP contribution in [0.25, 0.3) is 0 Å². The second-order valence-electron chi connectivity index (χ2n) is 4.61. The Hall–Kier alpha value is -2.01. The highest BCUT2D eigenvalue weighted by Crippen LogP contribution is 2.31. The van der Waals surface area contributed by atoms with E-state index in [1.54, 1.807) is 13.8 Å². The highest BCUT2D eigenvalue weighted by Gasteiger charge is 2.13. The molecule has 2 aromatic rings. The summed E-state index contributed by atoms with van der Waals surface area (Å²) < 4.78 is 45.1. The van der Waals surface area contributed by atoms with Gasteiger partial charge in [0.1, 0.15) is 17.3 Å². The minimum absolute atomic E-state index is 0.122. The van der Waals surface area contributed by atoms with Crippen molar-refractivity contribution in [3.05, 3.63) is 58.9 Å². The van der Waals surface area contributed by atoms with Gasteiger partial charge in [-0.15, -0.1) is 0 Å². The predicted molar refractivity (Wildman–Crippen MR) is 70.2 cm³/mol. The molecule has 0 aliphatic rings. The number of hydrogen-bond acceptors (Lipinski definition) is 2. The largest absolute Gasteiger partial charge is 0.457 e. The Morgan fingerprint density at radius 2 is 1.70 bits per heavy atom. The molecule has 0 fully saturated rings. The lowest BCUT2D eigenvalue weighted by molar-refractivity contribution is 0.452. The number of ether oxygens (including phenoxy) is 1. The third-order valence-corrected chi connectivity index (χ3v) is 2.90. The molecule has 0 spiro atoms. The summed E-state index contributed by atoms with van der Waals surface area (Å²) in [5, 5.41) is 0. The van der Waals surface area contributed by atoms with E-state index in [0.717, 1.165) is 12.1 Å². The Kier molecular flexibility index (Phi) is 3.99. The second-order valence-corrected chi connectivity index (χ2v) is 4.61. The summed E-state index contributed by atoms with van der Waals surface area (Å²) in [6.07, 6.45) is 0. The normalized spacial score (nSPS) is 12.3. The predicted octanol–water partition coefficient (Wildman–Crippen LogP) is 4.22. The molecule has 2 rings (SSSR count). The maximum absolute atomic E-state index is 13.6. The quantitative estimate of drug-likeness (QED) is 0.914. The molecule has 0 amide bonds. The first-order valence-electron chi connectivity index (χ1n) is 6.07. The fraction of sp³-hybridized carbons (Fsp3) is 0.200. The Bertz CT molecular complexity index is 641. The van der Waals surface area contributed by atoms with Gasteiger partial charge >= 0.3 is 0 Å². The van der Waals surface area contributed by atoms with Crippen LogP contribution >= 0.6 is 0 Å². The van der Waals surface area contributed by atoms with E-state index in [9.17, 15) is 13.2 Å². The van der Waals surface area contributed by atoms with Gasteiger partial charge in [0.05, 0.1) is 0 Å². The first-order chi connectivity index (χ1) is 9.38. The van der Waals surface area contributed by atoms with E-state index in [1.807, 2.05) is 0 Å². The molecule has 0 saturated carbocycles. The second kappa shape index (κ2) is 5.54. The lowest BCUT2D eigenvalue weighted by Crippen LogP contribution is -2.08. The summed E-state index contributed by atoms with van der Waals surface area (Å²) in [5.74, 6) is -1.92. The summed E-state index contributed by atoms with van der Waals surface area (Å²) in [6.45, 7) is 3.26. The zero-order chi connectivity index (χ0) is 14.9. The van der Waals surface area contributed by atoms with Crippen molar-refractivity contribution in [3.8, 4) is 11.5 Å². The van der Waals surface area contributed by atoms with Gasteiger partial charge in [-0.3, -0.25) is 0 Å². The molecular formula is C15H14F3NO. The third kappa shape index (κ3) is 2.93. The smallest absolute Gasteiger partial charge is 0.162 e. The molecule has 0 aliphatic heterocycles. The average molecular weight is 281 g/mol. The summed E-state index contributed by atoms with van der Waals surface area (Å²) in [5.41, 5.74) is 6.60. The first-order valence-corrected chi connectivity index (χ1v) is 6.07. The average Bonchev–Trinajstić information content (AvgIpc) is 2.37. The zero-order valence-electron chi connectivity index (χ0n) is 11.1. The van der Waals surface area contributed by atoms with Crippen LogP contribution in [0, 0.1) is 24.4 Å². The van der Waals surface area contributed by atoms with Crippen molar-refractivity contribution in [2.45, 2.75) is 19.9 Å². The topological polar surface area (TPSA) is 35.2 Å². The van der Waals surface area contributed by atoms with Crippen molar-refractivity contribution in [3.63, 3.8) is 0 Å². The lowest BCUT2D eigenvalue weighted by atomic mass is 10.1. The Morgan fingerprint density at radius 3 is 2.30 bits per heavy atom. The molecule has 2 aromatic carbocycles. The highest BCUT2D eigenvalue weighted by molar-refractivity contribution is 5.42. The molecule has 106 valence electrons. The van der Waals surface area contributed by atoms with Crippen LogP contribution in [0.15, 0.2) is 30.3 Å². The van der Waals surface area contributed by atoms with Crippen molar-refractivity contribution >= 4 is 0 Å². The van der Waals surface area contributed by atoms with Gasteiger partial charge in [0.2, 0.25) is 0 Å². The molecular weight excluding hydrogens is 267 g/mol. The monoisotopic (exact) mass is 281 g/mol. The van der Waals surface area contributed by atoms with E-state index in [4.69, 9.17) is 10.5 Å². The number of benzene rings is 2. The molecule has 20 heavy (non-hydrogen) atoms. The number of aryl methyl sites for hydroxylation is 1. The molecule has 5 heteroatoms. The molecule has 0 heterocycles. The van der Waals surface area contributed by atoms with E-state index in [-0.39, 0.29) is 5.75 Å². The van der Waals surface area contributed by atoms with Crippen LogP contribution in [-0.2, 0) is 0 Å². The van der Waals surface area contributed by atoms with Crippen molar-refractivity contribution in [2.75, 3.05) is 0 Å². The van der Waals surface area contributed by atoms with Gasteiger partial charge < -0.3 is 10.5 Å². The zero-order valence-corrected chi connectivity index (χ0v) is 11.1. The van der Waals surface area contributed by atoms with Crippen LogP contribution in [0.3, 0.4) is 0 Å². The molecule has 0 bridgehead atoms. The van der Waals surface area contributed by atoms with Crippen LogP contribution in [0.4, 0.5) is 13.2 Å². The van der Waals surface area contributed by atoms with E-state index in [2.05, 4.69) is 0 Å². The minimum atomic E-state index is -1.01. The van der Waals surface area contributed by atoms with Gasteiger partial charge in [-0.25, -0.2) is 13.2 Å². The van der Waals surface area contributed by atoms with Gasteiger partial charge in [0.15, 0.2) is 11.6 Å². The van der Waals surface area contributed by atoms with Crippen molar-refractivity contribution in [2.24, 2.45) is 5.73 Å². The molecule has 0 aliphatic carbocycles. The summed E-state index contributed by atoms with van der Waals surface area (Å²) in [4.78, 5) is 0. The standard InChI is InChI=1S/C15H14F3NO/c1-8-5-15(11(9(2)19)7-13(8)17)20-10-3-4-12(16)14(18)6-10/h3-7,9H,19H2,1-2H3/t9-/m0/s1. The van der Waals surface area contributed by atoms with Crippen molar-refractivity contribution in [1.29, 1.82) is 0 Å². The van der Waals surface area contributed by atoms with Crippen LogP contribution in [0.5, 0.6) is 11.5 Å². The third-order valence-electron chi connectivity index (χ3n) is 2.90. The molecule has 2 nitrogen and oxygen atoms in total. The molecule has 0 aromatic heterocycles. The van der Waals surface area contributed by atoms with E-state index >= 15 is 0 Å². The van der Waals surface area contributed by atoms with Crippen molar-refractivity contribution in [1.82, 2.24) is 0 Å². The maximum Gasteiger partial charge on any atom is 0.162 e. The SMILES string of the molecule is Cc1cc(Oc2ccc(F)c(F)c2)c([C@H](C)N)cc1F. The molecule has 1 atom stereocenters. The van der Waals surface area contributed by atoms with Crippen LogP contribution in [0.2, 0.25) is 0 Å². The van der Waals surface area contributed by atoms with Gasteiger partial charge in [0.25, 0.3) is 0 Å². The number of nitrogens with two attached hydrogens (primary N) is 1. The van der Waals surface area contributed by atoms with Gasteiger partial charge in [-0.2, -0.15) is 0 Å². The van der Waals surface area contributed by atoms with Crippen LogP contribution in [0.1, 0.15) is 24.1 Å². The number of hydrogen-bond donors (Lipinski definition) is 1. The highest BCUT2D eigenvalue weighted by atomic mass is 19.2. The molecule has 0 unspecified atom stereocenters. The molecule has 2 N–H and O–H groups in total. The summed E-state index contributed by atoms with van der Waals surface area (Å²) >= 11 is 0. The van der Waals surface area contributed by atoms with Gasteiger partial charge in [-0.1, -0.05) is 0 Å². The van der Waals surface area contributed by atoms with Crippen LogP contribution < -0.4 is 10.5 Å². The van der Waals surface area contributed by atoms with Gasteiger partial charge in [0, 0.05) is 17.7 Å². The fourth-order valence-electron chi connectivity index (χ4n) is 1.78. The lowest BCUT2D eigenvalue weighted by Gasteiger charge is -2.15. The summed E-state index contributed by atoms with van der Waals surface area (Å²) in [7, 11) is 0. The van der Waals surface area contributed by atoms with E-state index < -0.39 is 23.5 Å². The van der Waals surface area contributed by atoms with E-state index in [1.165, 1.54) is 18.2 Å². The Morgan fingerprint density at radius 1 is 1.00 bits per heavy atom. The minimum Gasteiger partial charge on any atom is -0.457 e. The summed E-state index contributed by atoms with van der Waals surface area (Å²) in [6, 6.07) is 5.50. The number of halogens is 3.